The van der Waals surface area contributed by atoms with Gasteiger partial charge < -0.3 is 10.6 Å². The molecule has 0 saturated heterocycles. The molecule has 0 aliphatic heterocycles. The molecule has 2 N–H and O–H groups in total. The fourth-order valence-corrected chi connectivity index (χ4v) is 4.43. The Morgan fingerprint density at radius 2 is 1.91 bits per heavy atom. The van der Waals surface area contributed by atoms with Crippen molar-refractivity contribution in [3.8, 4) is 0 Å². The highest BCUT2D eigenvalue weighted by molar-refractivity contribution is 7.17. The molecule has 7 nitrogen and oxygen atoms in total. The Bertz CT molecular complexity index is 1320. The lowest BCUT2D eigenvalue weighted by Gasteiger charge is -2.14. The van der Waals surface area contributed by atoms with Gasteiger partial charge >= 0.3 is 0 Å². The first-order chi connectivity index (χ1) is 16.4. The second-order valence-corrected chi connectivity index (χ2v) is 8.90. The van der Waals surface area contributed by atoms with Crippen molar-refractivity contribution in [1.29, 1.82) is 0 Å². The van der Waals surface area contributed by atoms with Gasteiger partial charge in [-0.05, 0) is 60.5 Å². The Labute approximate surface area is 200 Å². The van der Waals surface area contributed by atoms with Crippen molar-refractivity contribution in [1.82, 2.24) is 15.0 Å². The number of hydrogen-bond acceptors (Lipinski definition) is 7. The number of aromatic nitrogens is 3. The molecule has 1 amide bonds. The Balaban J connectivity index is 1.43. The van der Waals surface area contributed by atoms with E-state index in [1.807, 2.05) is 42.6 Å². The molecule has 0 bridgehead atoms. The molecular formula is C25H24FN5O2S. The molecule has 4 aromatic rings. The predicted octanol–water partition coefficient (Wildman–Crippen LogP) is 5.56. The minimum atomic E-state index is -0.416. The number of halogens is 1. The SMILES string of the molecule is CC(=O)Nc1ccc(CCCC(=O)c2nc(N[C@@H](C)c3cncc(F)c3)nc3ccsc23)cc1. The molecule has 0 aliphatic rings. The number of nitrogens with one attached hydrogen (secondary N) is 2. The largest absolute Gasteiger partial charge is 0.348 e. The summed E-state index contributed by atoms with van der Waals surface area (Å²) in [5.74, 6) is -0.257. The summed E-state index contributed by atoms with van der Waals surface area (Å²) in [7, 11) is 0. The van der Waals surface area contributed by atoms with Crippen LogP contribution >= 0.6 is 11.3 Å². The van der Waals surface area contributed by atoms with Crippen LogP contribution in [-0.4, -0.2) is 26.6 Å². The van der Waals surface area contributed by atoms with Crippen molar-refractivity contribution in [2.75, 3.05) is 10.6 Å². The Hall–Kier alpha value is -3.72. The number of thiophene rings is 1. The second kappa shape index (κ2) is 10.5. The van der Waals surface area contributed by atoms with Gasteiger partial charge in [-0.3, -0.25) is 14.6 Å². The third-order valence-electron chi connectivity index (χ3n) is 5.28. The lowest BCUT2D eigenvalue weighted by molar-refractivity contribution is -0.114. The van der Waals surface area contributed by atoms with Gasteiger partial charge in [0.1, 0.15) is 11.5 Å². The van der Waals surface area contributed by atoms with Crippen molar-refractivity contribution in [3.05, 3.63) is 76.8 Å². The molecule has 9 heteroatoms. The van der Waals surface area contributed by atoms with Gasteiger partial charge in [0, 0.05) is 25.2 Å². The maximum Gasteiger partial charge on any atom is 0.224 e. The first-order valence-corrected chi connectivity index (χ1v) is 11.8. The summed E-state index contributed by atoms with van der Waals surface area (Å²) in [6.07, 6.45) is 4.49. The number of carbonyl (C=O) groups is 2. The Kier molecular flexibility index (Phi) is 7.22. The summed E-state index contributed by atoms with van der Waals surface area (Å²) >= 11 is 1.44. The molecule has 4 rings (SSSR count). The average Bonchev–Trinajstić information content (AvgIpc) is 3.28. The monoisotopic (exact) mass is 477 g/mol. The molecule has 0 aliphatic carbocycles. The normalized spacial score (nSPS) is 11.9. The molecule has 0 spiro atoms. The Morgan fingerprint density at radius 1 is 1.12 bits per heavy atom. The van der Waals surface area contributed by atoms with E-state index in [1.54, 1.807) is 6.20 Å². The standard InChI is InChI=1S/C25H24FN5O2S/c1-15(18-12-19(26)14-27-13-18)28-25-30-21-10-11-34-24(21)23(31-25)22(33)5-3-4-17-6-8-20(9-7-17)29-16(2)32/h6-15H,3-5H2,1-2H3,(H,29,32)(H,28,30,31)/t15-/m0/s1. The van der Waals surface area contributed by atoms with Crippen LogP contribution in [-0.2, 0) is 11.2 Å². The molecule has 174 valence electrons. The van der Waals surface area contributed by atoms with Crippen molar-refractivity contribution in [2.24, 2.45) is 0 Å². The van der Waals surface area contributed by atoms with E-state index < -0.39 is 5.82 Å². The molecule has 0 radical (unpaired) electrons. The van der Waals surface area contributed by atoms with Gasteiger partial charge in [-0.1, -0.05) is 12.1 Å². The van der Waals surface area contributed by atoms with E-state index in [-0.39, 0.29) is 17.7 Å². The van der Waals surface area contributed by atoms with E-state index in [4.69, 9.17) is 0 Å². The van der Waals surface area contributed by atoms with Crippen molar-refractivity contribution in [2.45, 2.75) is 39.2 Å². The van der Waals surface area contributed by atoms with Gasteiger partial charge in [-0.25, -0.2) is 14.4 Å². The number of ketones is 1. The highest BCUT2D eigenvalue weighted by atomic mass is 32.1. The number of carbonyl (C=O) groups excluding carboxylic acids is 2. The summed E-state index contributed by atoms with van der Waals surface area (Å²) in [6, 6.07) is 10.6. The summed E-state index contributed by atoms with van der Waals surface area (Å²) < 4.78 is 14.3. The maximum absolute atomic E-state index is 13.5. The summed E-state index contributed by atoms with van der Waals surface area (Å²) in [6.45, 7) is 3.33. The molecule has 3 aromatic heterocycles. The number of benzene rings is 1. The van der Waals surface area contributed by atoms with E-state index in [0.29, 0.717) is 35.6 Å². The van der Waals surface area contributed by atoms with Crippen LogP contribution in [0.1, 0.15) is 54.3 Å². The van der Waals surface area contributed by atoms with Gasteiger partial charge in [0.25, 0.3) is 0 Å². The highest BCUT2D eigenvalue weighted by Gasteiger charge is 2.17. The topological polar surface area (TPSA) is 96.9 Å². The van der Waals surface area contributed by atoms with Gasteiger partial charge in [0.2, 0.25) is 11.9 Å². The number of fused-ring (bicyclic) bond motifs is 1. The fraction of sp³-hybridized carbons (Fsp3) is 0.240. The lowest BCUT2D eigenvalue weighted by atomic mass is 10.0. The number of rotatable bonds is 9. The first-order valence-electron chi connectivity index (χ1n) is 10.9. The zero-order valence-corrected chi connectivity index (χ0v) is 19.7. The van der Waals surface area contributed by atoms with Crippen LogP contribution < -0.4 is 10.6 Å². The maximum atomic E-state index is 13.5. The number of anilines is 2. The number of aryl methyl sites for hydroxylation is 1. The van der Waals surface area contributed by atoms with E-state index in [1.165, 1.54) is 24.3 Å². The van der Waals surface area contributed by atoms with Crippen LogP contribution in [0.3, 0.4) is 0 Å². The smallest absolute Gasteiger partial charge is 0.224 e. The van der Waals surface area contributed by atoms with Crippen LogP contribution in [0.15, 0.2) is 54.2 Å². The van der Waals surface area contributed by atoms with Crippen molar-refractivity contribution < 1.29 is 14.0 Å². The van der Waals surface area contributed by atoms with Crippen LogP contribution in [0.5, 0.6) is 0 Å². The van der Waals surface area contributed by atoms with Crippen LogP contribution in [0, 0.1) is 5.82 Å². The third kappa shape index (κ3) is 5.79. The molecule has 0 unspecified atom stereocenters. The second-order valence-electron chi connectivity index (χ2n) is 7.99. The molecule has 0 saturated carbocycles. The number of pyridine rings is 1. The molecule has 1 atom stereocenters. The lowest BCUT2D eigenvalue weighted by Crippen LogP contribution is -2.13. The van der Waals surface area contributed by atoms with E-state index in [0.717, 1.165) is 28.6 Å². The average molecular weight is 478 g/mol. The Morgan fingerprint density at radius 3 is 2.65 bits per heavy atom. The number of hydrogen-bond donors (Lipinski definition) is 2. The van der Waals surface area contributed by atoms with E-state index >= 15 is 0 Å². The molecular weight excluding hydrogens is 453 g/mol. The van der Waals surface area contributed by atoms with Gasteiger partial charge in [-0.15, -0.1) is 11.3 Å². The first kappa shape index (κ1) is 23.4. The van der Waals surface area contributed by atoms with E-state index in [9.17, 15) is 14.0 Å². The summed E-state index contributed by atoms with van der Waals surface area (Å²) in [4.78, 5) is 37.1. The highest BCUT2D eigenvalue weighted by Crippen LogP contribution is 2.26. The van der Waals surface area contributed by atoms with Crippen LogP contribution in [0.25, 0.3) is 10.2 Å². The quantitative estimate of drug-likeness (QED) is 0.306. The molecule has 0 fully saturated rings. The van der Waals surface area contributed by atoms with Crippen molar-refractivity contribution >= 4 is 44.9 Å². The summed E-state index contributed by atoms with van der Waals surface area (Å²) in [5, 5.41) is 7.78. The molecule has 34 heavy (non-hydrogen) atoms. The predicted molar refractivity (Wildman–Crippen MR) is 132 cm³/mol. The van der Waals surface area contributed by atoms with E-state index in [2.05, 4.69) is 25.6 Å². The zero-order chi connectivity index (χ0) is 24.1. The molecule has 3 heterocycles. The third-order valence-corrected chi connectivity index (χ3v) is 6.19. The number of nitrogens with zero attached hydrogens (tertiary/aromatic N) is 3. The van der Waals surface area contributed by atoms with Gasteiger partial charge in [0.05, 0.1) is 22.5 Å². The number of Topliss-reactive ketones (excluding diaryl/α,β-unsaturated/α-hetero) is 1. The number of amides is 1. The fourth-order valence-electron chi connectivity index (χ4n) is 3.59. The van der Waals surface area contributed by atoms with Crippen molar-refractivity contribution in [3.63, 3.8) is 0 Å². The summed E-state index contributed by atoms with van der Waals surface area (Å²) in [5.41, 5.74) is 3.59. The minimum absolute atomic E-state index is 0.0483. The van der Waals surface area contributed by atoms with Gasteiger partial charge in [0.15, 0.2) is 5.78 Å². The molecule has 1 aromatic carbocycles. The minimum Gasteiger partial charge on any atom is -0.348 e. The van der Waals surface area contributed by atoms with Gasteiger partial charge in [-0.2, -0.15) is 0 Å². The van der Waals surface area contributed by atoms with Crippen LogP contribution in [0.4, 0.5) is 16.0 Å². The van der Waals surface area contributed by atoms with Crippen LogP contribution in [0.2, 0.25) is 0 Å². The zero-order valence-electron chi connectivity index (χ0n) is 18.8.